The Bertz CT molecular complexity index is 242. The van der Waals surface area contributed by atoms with Crippen molar-refractivity contribution in [1.29, 1.82) is 0 Å². The highest BCUT2D eigenvalue weighted by Crippen LogP contribution is 2.45. The van der Waals surface area contributed by atoms with Crippen molar-refractivity contribution in [3.05, 3.63) is 0 Å². The predicted molar refractivity (Wildman–Crippen MR) is 70.8 cm³/mol. The van der Waals surface area contributed by atoms with Gasteiger partial charge in [0.05, 0.1) is 4.32 Å². The molecule has 0 aromatic heterocycles. The zero-order valence-corrected chi connectivity index (χ0v) is 13.4. The lowest BCUT2D eigenvalue weighted by atomic mass is 9.76. The van der Waals surface area contributed by atoms with Crippen LogP contribution in [0.15, 0.2) is 0 Å². The first-order valence-electron chi connectivity index (χ1n) is 4.71. The molecule has 4 heteroatoms. The third-order valence-electron chi connectivity index (χ3n) is 3.03. The van der Waals surface area contributed by atoms with Gasteiger partial charge >= 0.3 is 0 Å². The largest absolute Gasteiger partial charge is 0.298 e. The quantitative estimate of drug-likeness (QED) is 0.617. The molecule has 0 spiro atoms. The summed E-state index contributed by atoms with van der Waals surface area (Å²) in [4.78, 5) is 12.1. The van der Waals surface area contributed by atoms with E-state index >= 15 is 0 Å². The molecule has 3 atom stereocenters. The number of ketones is 1. The zero-order valence-electron chi connectivity index (χ0n) is 8.61. The Morgan fingerprint density at radius 3 is 2.36 bits per heavy atom. The lowest BCUT2D eigenvalue weighted by Gasteiger charge is -2.40. The van der Waals surface area contributed by atoms with Crippen LogP contribution in [0.5, 0.6) is 0 Å². The molecule has 0 saturated heterocycles. The summed E-state index contributed by atoms with van der Waals surface area (Å²) in [5.74, 6) is 0.702. The van der Waals surface area contributed by atoms with Gasteiger partial charge in [0.25, 0.3) is 0 Å². The molecule has 0 radical (unpaired) electrons. The van der Waals surface area contributed by atoms with E-state index in [0.717, 1.165) is 6.42 Å². The van der Waals surface area contributed by atoms with Crippen molar-refractivity contribution < 1.29 is 4.79 Å². The number of hydrogen-bond acceptors (Lipinski definition) is 1. The van der Waals surface area contributed by atoms with Gasteiger partial charge in [-0.15, -0.1) is 0 Å². The minimum atomic E-state index is -0.387. The van der Waals surface area contributed by atoms with Crippen molar-refractivity contribution in [3.8, 4) is 0 Å². The fourth-order valence-corrected chi connectivity index (χ4v) is 3.08. The number of alkyl halides is 3. The molecule has 1 nitrogen and oxygen atoms in total. The smallest absolute Gasteiger partial charge is 0.150 e. The maximum Gasteiger partial charge on any atom is 0.150 e. The summed E-state index contributed by atoms with van der Waals surface area (Å²) in [6, 6.07) is 0. The standard InChI is InChI=1S/C10H15Br3O/c1-9(2,12)6-4-7(11)10(3,13)8(14)5-6/h6-7H,4-5H2,1-3H3/t6-,7+,10+/m1/s1. The summed E-state index contributed by atoms with van der Waals surface area (Å²) in [5, 5.41) is 0. The van der Waals surface area contributed by atoms with Gasteiger partial charge in [0.15, 0.2) is 5.78 Å². The van der Waals surface area contributed by atoms with Crippen molar-refractivity contribution in [2.45, 2.75) is 47.1 Å². The topological polar surface area (TPSA) is 17.1 Å². The van der Waals surface area contributed by atoms with E-state index in [1.54, 1.807) is 0 Å². The molecule has 1 rings (SSSR count). The Morgan fingerprint density at radius 2 is 2.00 bits per heavy atom. The number of rotatable bonds is 1. The minimum Gasteiger partial charge on any atom is -0.298 e. The molecule has 82 valence electrons. The molecule has 1 fully saturated rings. The molecular weight excluding hydrogens is 376 g/mol. The number of Topliss-reactive ketones (excluding diaryl/α,β-unsaturated/α-hetero) is 1. The van der Waals surface area contributed by atoms with E-state index in [1.165, 1.54) is 0 Å². The first-order valence-corrected chi connectivity index (χ1v) is 7.21. The second kappa shape index (κ2) is 4.17. The lowest BCUT2D eigenvalue weighted by Crippen LogP contribution is -2.47. The van der Waals surface area contributed by atoms with Crippen LogP contribution < -0.4 is 0 Å². The summed E-state index contributed by atoms with van der Waals surface area (Å²) in [7, 11) is 0. The van der Waals surface area contributed by atoms with Crippen LogP contribution in [-0.2, 0) is 4.79 Å². The second-order valence-corrected chi connectivity index (χ2v) is 9.46. The van der Waals surface area contributed by atoms with E-state index in [4.69, 9.17) is 0 Å². The van der Waals surface area contributed by atoms with Crippen molar-refractivity contribution in [2.75, 3.05) is 0 Å². The lowest BCUT2D eigenvalue weighted by molar-refractivity contribution is -0.123. The molecule has 0 aromatic rings. The van der Waals surface area contributed by atoms with Gasteiger partial charge in [0.1, 0.15) is 0 Å². The fraction of sp³-hybridized carbons (Fsp3) is 0.900. The van der Waals surface area contributed by atoms with E-state index in [0.29, 0.717) is 18.1 Å². The summed E-state index contributed by atoms with van der Waals surface area (Å²) in [6.07, 6.45) is 1.67. The normalized spacial score (nSPS) is 40.0. The average molecular weight is 391 g/mol. The molecule has 1 aliphatic rings. The predicted octanol–water partition coefficient (Wildman–Crippen LogP) is 4.06. The highest BCUT2D eigenvalue weighted by molar-refractivity contribution is 9.12. The van der Waals surface area contributed by atoms with Crippen molar-refractivity contribution in [1.82, 2.24) is 0 Å². The summed E-state index contributed by atoms with van der Waals surface area (Å²) in [6.45, 7) is 6.20. The number of halogens is 3. The Morgan fingerprint density at radius 1 is 1.50 bits per heavy atom. The zero-order chi connectivity index (χ0) is 11.1. The molecular formula is C10H15Br3O. The van der Waals surface area contributed by atoms with Gasteiger partial charge in [-0.05, 0) is 33.1 Å². The van der Waals surface area contributed by atoms with Crippen LogP contribution in [0.2, 0.25) is 0 Å². The number of hydrogen-bond donors (Lipinski definition) is 0. The Hall–Kier alpha value is 1.11. The van der Waals surface area contributed by atoms with E-state index < -0.39 is 0 Å². The van der Waals surface area contributed by atoms with Gasteiger partial charge in [0.2, 0.25) is 0 Å². The third kappa shape index (κ3) is 2.62. The highest BCUT2D eigenvalue weighted by Gasteiger charge is 2.46. The van der Waals surface area contributed by atoms with Crippen LogP contribution in [0.3, 0.4) is 0 Å². The number of carbonyl (C=O) groups excluding carboxylic acids is 1. The second-order valence-electron chi connectivity index (χ2n) is 4.67. The SMILES string of the molecule is CC(C)(Br)[C@H]1CC(=O)[C@@](C)(Br)[C@@H](Br)C1. The summed E-state index contributed by atoms with van der Waals surface area (Å²) >= 11 is 10.7. The molecule has 0 bridgehead atoms. The first kappa shape index (κ1) is 13.2. The Kier molecular flexibility index (Phi) is 3.93. The van der Waals surface area contributed by atoms with Crippen LogP contribution in [-0.4, -0.2) is 19.3 Å². The fourth-order valence-electron chi connectivity index (χ4n) is 1.68. The van der Waals surface area contributed by atoms with Gasteiger partial charge in [0, 0.05) is 15.6 Å². The maximum absolute atomic E-state index is 11.9. The molecule has 0 unspecified atom stereocenters. The van der Waals surface area contributed by atoms with Crippen molar-refractivity contribution in [2.24, 2.45) is 5.92 Å². The summed E-state index contributed by atoms with van der Waals surface area (Å²) in [5.41, 5.74) is 0. The molecule has 0 aliphatic heterocycles. The third-order valence-corrected chi connectivity index (χ3v) is 6.57. The van der Waals surface area contributed by atoms with Crippen LogP contribution in [0, 0.1) is 5.92 Å². The van der Waals surface area contributed by atoms with Gasteiger partial charge < -0.3 is 0 Å². The number of carbonyl (C=O) groups is 1. The first-order chi connectivity index (χ1) is 6.15. The molecule has 0 N–H and O–H groups in total. The highest BCUT2D eigenvalue weighted by atomic mass is 79.9. The molecule has 0 heterocycles. The van der Waals surface area contributed by atoms with Crippen LogP contribution >= 0.6 is 47.8 Å². The van der Waals surface area contributed by atoms with Crippen LogP contribution in [0.1, 0.15) is 33.6 Å². The van der Waals surface area contributed by atoms with Gasteiger partial charge in [-0.25, -0.2) is 0 Å². The van der Waals surface area contributed by atoms with Gasteiger partial charge in [-0.3, -0.25) is 4.79 Å². The van der Waals surface area contributed by atoms with E-state index in [9.17, 15) is 4.79 Å². The molecule has 1 aliphatic carbocycles. The van der Waals surface area contributed by atoms with E-state index in [-0.39, 0.29) is 13.5 Å². The van der Waals surface area contributed by atoms with Crippen LogP contribution in [0.4, 0.5) is 0 Å². The average Bonchev–Trinajstić information content (AvgIpc) is 1.98. The van der Waals surface area contributed by atoms with E-state index in [1.807, 2.05) is 6.92 Å². The Balaban J connectivity index is 2.81. The van der Waals surface area contributed by atoms with Gasteiger partial charge in [-0.1, -0.05) is 47.8 Å². The Labute approximate surface area is 111 Å². The monoisotopic (exact) mass is 388 g/mol. The van der Waals surface area contributed by atoms with Gasteiger partial charge in [-0.2, -0.15) is 0 Å². The van der Waals surface area contributed by atoms with E-state index in [2.05, 4.69) is 61.6 Å². The van der Waals surface area contributed by atoms with Crippen molar-refractivity contribution >= 4 is 53.6 Å². The maximum atomic E-state index is 11.9. The summed E-state index contributed by atoms with van der Waals surface area (Å²) < 4.78 is -0.347. The van der Waals surface area contributed by atoms with Crippen molar-refractivity contribution in [3.63, 3.8) is 0 Å². The molecule has 1 saturated carbocycles. The molecule has 0 aromatic carbocycles. The molecule has 14 heavy (non-hydrogen) atoms. The van der Waals surface area contributed by atoms with Crippen LogP contribution in [0.25, 0.3) is 0 Å². The minimum absolute atomic E-state index is 0.0399. The molecule has 0 amide bonds.